The summed E-state index contributed by atoms with van der Waals surface area (Å²) in [7, 11) is 0. The van der Waals surface area contributed by atoms with Gasteiger partial charge in [0.25, 0.3) is 0 Å². The van der Waals surface area contributed by atoms with Gasteiger partial charge in [0, 0.05) is 6.54 Å². The van der Waals surface area contributed by atoms with Crippen molar-refractivity contribution in [1.82, 2.24) is 5.32 Å². The van der Waals surface area contributed by atoms with Gasteiger partial charge in [0.15, 0.2) is 0 Å². The fourth-order valence-electron chi connectivity index (χ4n) is 1.47. The molecule has 1 atom stereocenters. The van der Waals surface area contributed by atoms with E-state index < -0.39 is 0 Å². The van der Waals surface area contributed by atoms with E-state index in [9.17, 15) is 0 Å². The average Bonchev–Trinajstić information content (AvgIpc) is 2.34. The number of rotatable bonds is 7. The van der Waals surface area contributed by atoms with Crippen LogP contribution in [0.3, 0.4) is 0 Å². The van der Waals surface area contributed by atoms with Crippen LogP contribution in [-0.4, -0.2) is 13.2 Å². The Balaban J connectivity index is 2.74. The van der Waals surface area contributed by atoms with Crippen LogP contribution in [0.25, 0.3) is 0 Å². The van der Waals surface area contributed by atoms with Crippen molar-refractivity contribution >= 4 is 31.9 Å². The standard InChI is InChI=1S/C14H21Br2NO/c1-4-10(3)9-18-14-12(15)6-11(7-13(14)16)8-17-5-2/h6-7,10,17H,4-5,8-9H2,1-3H3. The van der Waals surface area contributed by atoms with Crippen LogP contribution in [0.5, 0.6) is 5.75 Å². The van der Waals surface area contributed by atoms with Gasteiger partial charge in [-0.05, 0) is 62.0 Å². The molecule has 1 unspecified atom stereocenters. The molecule has 0 saturated carbocycles. The number of halogens is 2. The molecule has 0 saturated heterocycles. The number of benzene rings is 1. The Labute approximate surface area is 127 Å². The molecule has 0 aliphatic carbocycles. The highest BCUT2D eigenvalue weighted by Gasteiger charge is 2.10. The fourth-order valence-corrected chi connectivity index (χ4v) is 2.98. The van der Waals surface area contributed by atoms with Crippen molar-refractivity contribution < 1.29 is 4.74 Å². The first-order valence-corrected chi connectivity index (χ1v) is 7.98. The summed E-state index contributed by atoms with van der Waals surface area (Å²) < 4.78 is 7.88. The third-order valence-corrected chi connectivity index (χ3v) is 4.02. The Kier molecular flexibility index (Phi) is 7.27. The molecule has 0 bridgehead atoms. The minimum Gasteiger partial charge on any atom is -0.491 e. The van der Waals surface area contributed by atoms with Crippen molar-refractivity contribution in [1.29, 1.82) is 0 Å². The van der Waals surface area contributed by atoms with Gasteiger partial charge in [0.05, 0.1) is 15.6 Å². The predicted octanol–water partition coefficient (Wildman–Crippen LogP) is 4.75. The molecule has 1 aromatic carbocycles. The van der Waals surface area contributed by atoms with Gasteiger partial charge < -0.3 is 10.1 Å². The smallest absolute Gasteiger partial charge is 0.147 e. The number of hydrogen-bond acceptors (Lipinski definition) is 2. The first kappa shape index (κ1) is 16.0. The third kappa shape index (κ3) is 4.90. The zero-order valence-corrected chi connectivity index (χ0v) is 14.4. The zero-order chi connectivity index (χ0) is 13.5. The molecule has 2 nitrogen and oxygen atoms in total. The summed E-state index contributed by atoms with van der Waals surface area (Å²) in [4.78, 5) is 0. The maximum Gasteiger partial charge on any atom is 0.147 e. The molecule has 4 heteroatoms. The van der Waals surface area contributed by atoms with Crippen LogP contribution < -0.4 is 10.1 Å². The second-order valence-electron chi connectivity index (χ2n) is 4.49. The summed E-state index contributed by atoms with van der Waals surface area (Å²) in [5, 5.41) is 3.32. The summed E-state index contributed by atoms with van der Waals surface area (Å²) in [5.41, 5.74) is 1.24. The normalized spacial score (nSPS) is 12.5. The number of nitrogens with one attached hydrogen (secondary N) is 1. The molecule has 0 aliphatic heterocycles. The van der Waals surface area contributed by atoms with Crippen LogP contribution in [-0.2, 0) is 6.54 Å². The van der Waals surface area contributed by atoms with Crippen molar-refractivity contribution in [3.63, 3.8) is 0 Å². The zero-order valence-electron chi connectivity index (χ0n) is 11.2. The first-order chi connectivity index (χ1) is 8.58. The van der Waals surface area contributed by atoms with Crippen LogP contribution in [0, 0.1) is 5.92 Å². The monoisotopic (exact) mass is 377 g/mol. The molecule has 0 aromatic heterocycles. The first-order valence-electron chi connectivity index (χ1n) is 6.39. The van der Waals surface area contributed by atoms with E-state index in [1.165, 1.54) is 5.56 Å². The number of hydrogen-bond donors (Lipinski definition) is 1. The van der Waals surface area contributed by atoms with Crippen molar-refractivity contribution in [3.05, 3.63) is 26.6 Å². The molecule has 0 amide bonds. The Morgan fingerprint density at radius 1 is 1.22 bits per heavy atom. The van der Waals surface area contributed by atoms with E-state index in [-0.39, 0.29) is 0 Å². The summed E-state index contributed by atoms with van der Waals surface area (Å²) >= 11 is 7.16. The molecular formula is C14H21Br2NO. The van der Waals surface area contributed by atoms with Crippen LogP contribution in [0.15, 0.2) is 21.1 Å². The van der Waals surface area contributed by atoms with Gasteiger partial charge in [0.1, 0.15) is 5.75 Å². The van der Waals surface area contributed by atoms with Crippen molar-refractivity contribution in [2.24, 2.45) is 5.92 Å². The van der Waals surface area contributed by atoms with Gasteiger partial charge >= 0.3 is 0 Å². The number of ether oxygens (including phenoxy) is 1. The van der Waals surface area contributed by atoms with Crippen LogP contribution >= 0.6 is 31.9 Å². The summed E-state index contributed by atoms with van der Waals surface area (Å²) in [6.45, 7) is 9.08. The van der Waals surface area contributed by atoms with Gasteiger partial charge in [-0.3, -0.25) is 0 Å². The minimum atomic E-state index is 0.574. The van der Waals surface area contributed by atoms with E-state index in [1.54, 1.807) is 0 Å². The topological polar surface area (TPSA) is 21.3 Å². The third-order valence-electron chi connectivity index (χ3n) is 2.85. The highest BCUT2D eigenvalue weighted by Crippen LogP contribution is 2.35. The molecule has 0 radical (unpaired) electrons. The predicted molar refractivity (Wildman–Crippen MR) is 84.2 cm³/mol. The average molecular weight is 379 g/mol. The highest BCUT2D eigenvalue weighted by molar-refractivity contribution is 9.11. The molecule has 1 N–H and O–H groups in total. The molecule has 0 aliphatic rings. The summed E-state index contributed by atoms with van der Waals surface area (Å²) in [6.07, 6.45) is 1.13. The molecule has 0 heterocycles. The Morgan fingerprint density at radius 2 is 1.83 bits per heavy atom. The lowest BCUT2D eigenvalue weighted by molar-refractivity contribution is 0.253. The molecule has 0 fully saturated rings. The van der Waals surface area contributed by atoms with Crippen LogP contribution in [0.4, 0.5) is 0 Å². The highest BCUT2D eigenvalue weighted by atomic mass is 79.9. The second kappa shape index (κ2) is 8.18. The van der Waals surface area contributed by atoms with Gasteiger partial charge in [-0.1, -0.05) is 27.2 Å². The lowest BCUT2D eigenvalue weighted by Gasteiger charge is -2.15. The molecule has 1 rings (SSSR count). The van der Waals surface area contributed by atoms with Crippen molar-refractivity contribution in [2.45, 2.75) is 33.7 Å². The molecule has 1 aromatic rings. The lowest BCUT2D eigenvalue weighted by Crippen LogP contribution is -2.12. The summed E-state index contributed by atoms with van der Waals surface area (Å²) in [6, 6.07) is 4.22. The molecular weight excluding hydrogens is 358 g/mol. The van der Waals surface area contributed by atoms with Crippen molar-refractivity contribution in [2.75, 3.05) is 13.2 Å². The Bertz CT molecular complexity index is 359. The van der Waals surface area contributed by atoms with Gasteiger partial charge in [-0.25, -0.2) is 0 Å². The van der Waals surface area contributed by atoms with E-state index in [2.05, 4.69) is 70.1 Å². The molecule has 102 valence electrons. The Hall–Kier alpha value is -0.0600. The lowest BCUT2D eigenvalue weighted by atomic mass is 10.1. The molecule has 0 spiro atoms. The van der Waals surface area contributed by atoms with Crippen LogP contribution in [0.1, 0.15) is 32.8 Å². The van der Waals surface area contributed by atoms with Crippen molar-refractivity contribution in [3.8, 4) is 5.75 Å². The van der Waals surface area contributed by atoms with E-state index in [0.717, 1.165) is 40.8 Å². The fraction of sp³-hybridized carbons (Fsp3) is 0.571. The van der Waals surface area contributed by atoms with E-state index in [0.29, 0.717) is 5.92 Å². The van der Waals surface area contributed by atoms with E-state index in [1.807, 2.05) is 0 Å². The largest absolute Gasteiger partial charge is 0.491 e. The van der Waals surface area contributed by atoms with Gasteiger partial charge in [-0.15, -0.1) is 0 Å². The maximum atomic E-state index is 5.87. The van der Waals surface area contributed by atoms with Crippen LogP contribution in [0.2, 0.25) is 0 Å². The Morgan fingerprint density at radius 3 is 2.33 bits per heavy atom. The van der Waals surface area contributed by atoms with E-state index >= 15 is 0 Å². The van der Waals surface area contributed by atoms with E-state index in [4.69, 9.17) is 4.74 Å². The molecule has 18 heavy (non-hydrogen) atoms. The summed E-state index contributed by atoms with van der Waals surface area (Å²) in [5.74, 6) is 1.47. The second-order valence-corrected chi connectivity index (χ2v) is 6.20. The van der Waals surface area contributed by atoms with Gasteiger partial charge in [-0.2, -0.15) is 0 Å². The van der Waals surface area contributed by atoms with Gasteiger partial charge in [0.2, 0.25) is 0 Å². The minimum absolute atomic E-state index is 0.574. The SMILES string of the molecule is CCNCc1cc(Br)c(OCC(C)CC)c(Br)c1. The maximum absolute atomic E-state index is 5.87. The quantitative estimate of drug-likeness (QED) is 0.739.